The molecule has 3 atom stereocenters. The number of methoxy groups -OCH3 is 1. The Labute approximate surface area is 194 Å². The Hall–Kier alpha value is -2.80. The topological polar surface area (TPSA) is 76.1 Å². The van der Waals surface area contributed by atoms with Gasteiger partial charge in [0.1, 0.15) is 12.6 Å². The molecule has 0 radical (unpaired) electrons. The van der Waals surface area contributed by atoms with Gasteiger partial charge in [-0.1, -0.05) is 22.0 Å². The largest absolute Gasteiger partial charge is 0.493 e. The highest BCUT2D eigenvalue weighted by Crippen LogP contribution is 2.47. The predicted octanol–water partition coefficient (Wildman–Crippen LogP) is 5.00. The first-order valence-corrected chi connectivity index (χ1v) is 11.6. The van der Waals surface area contributed by atoms with E-state index in [1.807, 2.05) is 24.3 Å². The lowest BCUT2D eigenvalue weighted by molar-refractivity contribution is -0.136. The van der Waals surface area contributed by atoms with Crippen LogP contribution in [0.5, 0.6) is 11.5 Å². The van der Waals surface area contributed by atoms with E-state index in [0.29, 0.717) is 34.2 Å². The zero-order valence-corrected chi connectivity index (χ0v) is 19.3. The number of carboxylic acids is 1. The minimum absolute atomic E-state index is 0.210. The van der Waals surface area contributed by atoms with Crippen molar-refractivity contribution in [2.75, 3.05) is 18.6 Å². The van der Waals surface area contributed by atoms with E-state index in [1.165, 1.54) is 24.2 Å². The van der Waals surface area contributed by atoms with Crippen LogP contribution in [0.3, 0.4) is 0 Å². The quantitative estimate of drug-likeness (QED) is 0.568. The monoisotopic (exact) mass is 497 g/mol. The number of halogens is 1. The van der Waals surface area contributed by atoms with E-state index in [4.69, 9.17) is 9.47 Å². The van der Waals surface area contributed by atoms with Crippen molar-refractivity contribution in [3.63, 3.8) is 0 Å². The second kappa shape index (κ2) is 8.28. The lowest BCUT2D eigenvalue weighted by Crippen LogP contribution is -2.32. The molecule has 2 aliphatic carbocycles. The SMILES string of the molecule is COc1ccc(/C=C2/C(=O)N(CC(=O)O)c3ccc(Br)cc32)cc1O[C@H]1C[C@@H]2CC[C@H]1C2. The molecule has 1 amide bonds. The third-order valence-corrected chi connectivity index (χ3v) is 7.25. The van der Waals surface area contributed by atoms with E-state index in [1.54, 1.807) is 25.3 Å². The Kier molecular flexibility index (Phi) is 5.45. The third kappa shape index (κ3) is 3.79. The summed E-state index contributed by atoms with van der Waals surface area (Å²) in [6.07, 6.45) is 6.86. The second-order valence-corrected chi connectivity index (χ2v) is 9.66. The Balaban J connectivity index is 1.49. The van der Waals surface area contributed by atoms with Crippen LogP contribution in [0.25, 0.3) is 11.6 Å². The van der Waals surface area contributed by atoms with Gasteiger partial charge in [0.25, 0.3) is 5.91 Å². The van der Waals surface area contributed by atoms with Crippen LogP contribution in [0.4, 0.5) is 5.69 Å². The molecule has 1 heterocycles. The number of hydrogen-bond donors (Lipinski definition) is 1. The van der Waals surface area contributed by atoms with Crippen molar-refractivity contribution in [1.29, 1.82) is 0 Å². The molecule has 1 aliphatic heterocycles. The highest BCUT2D eigenvalue weighted by Gasteiger charge is 2.41. The van der Waals surface area contributed by atoms with Gasteiger partial charge in [-0.3, -0.25) is 14.5 Å². The van der Waals surface area contributed by atoms with Gasteiger partial charge in [0.2, 0.25) is 0 Å². The maximum atomic E-state index is 13.1. The lowest BCUT2D eigenvalue weighted by atomic mass is 9.97. The number of carboxylic acid groups (broad SMARTS) is 1. The fraction of sp³-hybridized carbons (Fsp3) is 0.360. The molecule has 2 saturated carbocycles. The second-order valence-electron chi connectivity index (χ2n) is 8.75. The molecule has 6 nitrogen and oxygen atoms in total. The molecular formula is C25H24BrNO5. The standard InChI is InChI=1S/C25H24BrNO5/c1-31-21-7-3-15(11-23(21)32-22-10-14-2-4-16(22)8-14)9-19-18-12-17(26)5-6-20(18)27(25(19)30)13-24(28)29/h3,5-7,9,11-12,14,16,22H,2,4,8,10,13H2,1H3,(H,28,29)/b19-9+/t14-,16+,22+/m1/s1. The minimum Gasteiger partial charge on any atom is -0.493 e. The summed E-state index contributed by atoms with van der Waals surface area (Å²) >= 11 is 3.45. The molecule has 0 aromatic heterocycles. The summed E-state index contributed by atoms with van der Waals surface area (Å²) in [5.74, 6) is 1.35. The molecule has 2 fully saturated rings. The Morgan fingerprint density at radius 3 is 2.72 bits per heavy atom. The molecule has 2 aromatic carbocycles. The first-order valence-electron chi connectivity index (χ1n) is 10.8. The van der Waals surface area contributed by atoms with Crippen molar-refractivity contribution in [3.05, 3.63) is 52.0 Å². The molecule has 32 heavy (non-hydrogen) atoms. The number of ether oxygens (including phenoxy) is 2. The first kappa shape index (κ1) is 21.1. The molecule has 0 saturated heterocycles. The van der Waals surface area contributed by atoms with Gasteiger partial charge in [0, 0.05) is 15.6 Å². The number of benzene rings is 2. The van der Waals surface area contributed by atoms with E-state index < -0.39 is 5.97 Å². The van der Waals surface area contributed by atoms with Gasteiger partial charge in [0.15, 0.2) is 11.5 Å². The summed E-state index contributed by atoms with van der Waals surface area (Å²) in [7, 11) is 1.62. The maximum Gasteiger partial charge on any atom is 0.323 e. The molecule has 1 N–H and O–H groups in total. The summed E-state index contributed by atoms with van der Waals surface area (Å²) in [6.45, 7) is -0.383. The summed E-state index contributed by atoms with van der Waals surface area (Å²) in [5, 5.41) is 9.27. The van der Waals surface area contributed by atoms with E-state index in [0.717, 1.165) is 22.4 Å². The van der Waals surface area contributed by atoms with Crippen LogP contribution < -0.4 is 14.4 Å². The van der Waals surface area contributed by atoms with E-state index in [9.17, 15) is 14.7 Å². The normalized spacial score (nSPS) is 24.8. The number of rotatable bonds is 6. The number of hydrogen-bond acceptors (Lipinski definition) is 4. The fourth-order valence-corrected chi connectivity index (χ4v) is 5.66. The van der Waals surface area contributed by atoms with Gasteiger partial charge in [-0.25, -0.2) is 0 Å². The molecule has 2 bridgehead atoms. The van der Waals surface area contributed by atoms with Crippen LogP contribution in [0.1, 0.15) is 36.8 Å². The van der Waals surface area contributed by atoms with Gasteiger partial charge in [-0.05, 0) is 79.5 Å². The number of carbonyl (C=O) groups excluding carboxylic acids is 1. The van der Waals surface area contributed by atoms with Crippen molar-refractivity contribution < 1.29 is 24.2 Å². The van der Waals surface area contributed by atoms with Gasteiger partial charge < -0.3 is 14.6 Å². The Morgan fingerprint density at radius 1 is 1.19 bits per heavy atom. The van der Waals surface area contributed by atoms with E-state index in [2.05, 4.69) is 15.9 Å². The molecule has 3 aliphatic rings. The number of nitrogens with zero attached hydrogens (tertiary/aromatic N) is 1. The number of anilines is 1. The summed E-state index contributed by atoms with van der Waals surface area (Å²) in [5.41, 5.74) is 2.56. The molecule has 2 aromatic rings. The summed E-state index contributed by atoms with van der Waals surface area (Å²) in [4.78, 5) is 25.7. The van der Waals surface area contributed by atoms with Gasteiger partial charge in [-0.15, -0.1) is 0 Å². The summed E-state index contributed by atoms with van der Waals surface area (Å²) < 4.78 is 12.7. The van der Waals surface area contributed by atoms with Crippen molar-refractivity contribution >= 4 is 45.1 Å². The van der Waals surface area contributed by atoms with Crippen LogP contribution in [0.15, 0.2) is 40.9 Å². The lowest BCUT2D eigenvalue weighted by Gasteiger charge is -2.24. The van der Waals surface area contributed by atoms with Crippen LogP contribution in [0, 0.1) is 11.8 Å². The predicted molar refractivity (Wildman–Crippen MR) is 125 cm³/mol. The Bertz CT molecular complexity index is 1130. The smallest absolute Gasteiger partial charge is 0.323 e. The zero-order chi connectivity index (χ0) is 22.4. The van der Waals surface area contributed by atoms with Crippen LogP contribution in [0.2, 0.25) is 0 Å². The van der Waals surface area contributed by atoms with Gasteiger partial charge in [-0.2, -0.15) is 0 Å². The van der Waals surface area contributed by atoms with Crippen LogP contribution in [-0.4, -0.2) is 36.7 Å². The maximum absolute atomic E-state index is 13.1. The Morgan fingerprint density at radius 2 is 2.03 bits per heavy atom. The molecular weight excluding hydrogens is 474 g/mol. The van der Waals surface area contributed by atoms with Crippen molar-refractivity contribution in [2.24, 2.45) is 11.8 Å². The third-order valence-electron chi connectivity index (χ3n) is 6.76. The first-order chi connectivity index (χ1) is 15.4. The molecule has 0 spiro atoms. The molecule has 0 unspecified atom stereocenters. The van der Waals surface area contributed by atoms with Gasteiger partial charge >= 0.3 is 5.97 Å². The highest BCUT2D eigenvalue weighted by molar-refractivity contribution is 9.10. The molecule has 7 heteroatoms. The molecule has 5 rings (SSSR count). The highest BCUT2D eigenvalue weighted by atomic mass is 79.9. The van der Waals surface area contributed by atoms with Crippen molar-refractivity contribution in [2.45, 2.75) is 31.8 Å². The van der Waals surface area contributed by atoms with Gasteiger partial charge in [0.05, 0.1) is 12.8 Å². The zero-order valence-electron chi connectivity index (χ0n) is 17.7. The minimum atomic E-state index is -1.06. The van der Waals surface area contributed by atoms with Crippen molar-refractivity contribution in [3.8, 4) is 11.5 Å². The number of amides is 1. The van der Waals surface area contributed by atoms with Crippen molar-refractivity contribution in [1.82, 2.24) is 0 Å². The van der Waals surface area contributed by atoms with E-state index >= 15 is 0 Å². The van der Waals surface area contributed by atoms with Crippen LogP contribution >= 0.6 is 15.9 Å². The molecule has 166 valence electrons. The average Bonchev–Trinajstić information content (AvgIpc) is 3.44. The number of aliphatic carboxylic acids is 1. The van der Waals surface area contributed by atoms with E-state index in [-0.39, 0.29) is 18.6 Å². The summed E-state index contributed by atoms with van der Waals surface area (Å²) in [6, 6.07) is 11.0. The fourth-order valence-electron chi connectivity index (χ4n) is 5.30. The van der Waals surface area contributed by atoms with Crippen LogP contribution in [-0.2, 0) is 9.59 Å². The average molecular weight is 498 g/mol. The number of carbonyl (C=O) groups is 2. The number of fused-ring (bicyclic) bond motifs is 3.